The van der Waals surface area contributed by atoms with Crippen molar-refractivity contribution >= 4 is 17.0 Å². The summed E-state index contributed by atoms with van der Waals surface area (Å²) in [6.07, 6.45) is 17.4. The van der Waals surface area contributed by atoms with Crippen LogP contribution in [0.1, 0.15) is 82.9 Å². The van der Waals surface area contributed by atoms with E-state index in [0.29, 0.717) is 0 Å². The first kappa shape index (κ1) is 18.7. The van der Waals surface area contributed by atoms with Crippen molar-refractivity contribution in [3.63, 3.8) is 0 Å². The summed E-state index contributed by atoms with van der Waals surface area (Å²) < 4.78 is 0. The Morgan fingerprint density at radius 1 is 0.875 bits per heavy atom. The molecular weight excluding hydrogens is 290 g/mol. The van der Waals surface area contributed by atoms with Crippen LogP contribution < -0.4 is 0 Å². The summed E-state index contributed by atoms with van der Waals surface area (Å²) in [5.41, 5.74) is 3.70. The fourth-order valence-electron chi connectivity index (χ4n) is 3.15. The van der Waals surface area contributed by atoms with Gasteiger partial charge in [0.25, 0.3) is 0 Å². The number of aromatic nitrogens is 1. The summed E-state index contributed by atoms with van der Waals surface area (Å²) in [5, 5.41) is 1.27. The molecule has 0 fully saturated rings. The molecule has 0 bridgehead atoms. The first-order chi connectivity index (χ1) is 11.8. The SMILES string of the molecule is CCCCCC/C=C/c1nc2ccccc2cc1CCCCCC. The Labute approximate surface area is 148 Å². The number of hydrogen-bond acceptors (Lipinski definition) is 1. The van der Waals surface area contributed by atoms with Crippen LogP contribution in [0.5, 0.6) is 0 Å². The lowest BCUT2D eigenvalue weighted by Gasteiger charge is -2.08. The molecule has 0 radical (unpaired) electrons. The molecule has 0 aliphatic heterocycles. The topological polar surface area (TPSA) is 12.9 Å². The molecule has 0 spiro atoms. The van der Waals surface area contributed by atoms with E-state index in [1.165, 1.54) is 74.4 Å². The highest BCUT2D eigenvalue weighted by atomic mass is 14.7. The molecule has 1 nitrogen and oxygen atoms in total. The van der Waals surface area contributed by atoms with E-state index in [1.54, 1.807) is 0 Å². The number of hydrogen-bond donors (Lipinski definition) is 0. The van der Waals surface area contributed by atoms with Crippen molar-refractivity contribution in [1.29, 1.82) is 0 Å². The Kier molecular flexibility index (Phi) is 8.59. The summed E-state index contributed by atoms with van der Waals surface area (Å²) >= 11 is 0. The van der Waals surface area contributed by atoms with Gasteiger partial charge in [-0.15, -0.1) is 0 Å². The van der Waals surface area contributed by atoms with Crippen LogP contribution in [0.15, 0.2) is 36.4 Å². The van der Waals surface area contributed by atoms with E-state index >= 15 is 0 Å². The lowest BCUT2D eigenvalue weighted by Crippen LogP contribution is -1.95. The van der Waals surface area contributed by atoms with E-state index in [1.807, 2.05) is 0 Å². The van der Waals surface area contributed by atoms with Crippen molar-refractivity contribution in [2.45, 2.75) is 78.1 Å². The monoisotopic (exact) mass is 323 g/mol. The van der Waals surface area contributed by atoms with Crippen molar-refractivity contribution in [2.24, 2.45) is 0 Å². The number of pyridine rings is 1. The van der Waals surface area contributed by atoms with Gasteiger partial charge < -0.3 is 0 Å². The summed E-state index contributed by atoms with van der Waals surface area (Å²) in [4.78, 5) is 4.92. The van der Waals surface area contributed by atoms with Crippen LogP contribution in [-0.4, -0.2) is 4.98 Å². The molecule has 1 aromatic carbocycles. The van der Waals surface area contributed by atoms with Gasteiger partial charge in [0.15, 0.2) is 0 Å². The minimum Gasteiger partial charge on any atom is -0.248 e. The van der Waals surface area contributed by atoms with Crippen LogP contribution in [0.3, 0.4) is 0 Å². The van der Waals surface area contributed by atoms with E-state index in [9.17, 15) is 0 Å². The van der Waals surface area contributed by atoms with E-state index in [2.05, 4.69) is 56.3 Å². The van der Waals surface area contributed by atoms with Crippen LogP contribution in [0.4, 0.5) is 0 Å². The number of nitrogens with zero attached hydrogens (tertiary/aromatic N) is 1. The molecule has 0 atom stereocenters. The molecule has 0 amide bonds. The highest BCUT2D eigenvalue weighted by Gasteiger charge is 2.04. The standard InChI is InChI=1S/C23H33N/c1-3-5-7-9-10-12-17-22-20(15-11-8-6-4-2)19-21-16-13-14-18-23(21)24-22/h12-14,16-19H,3-11,15H2,1-2H3/b17-12+. The van der Waals surface area contributed by atoms with Gasteiger partial charge in [-0.1, -0.05) is 76.6 Å². The fourth-order valence-corrected chi connectivity index (χ4v) is 3.15. The Morgan fingerprint density at radius 3 is 2.42 bits per heavy atom. The number of unbranched alkanes of at least 4 members (excludes halogenated alkanes) is 7. The smallest absolute Gasteiger partial charge is 0.0709 e. The molecule has 1 heteroatoms. The molecule has 0 unspecified atom stereocenters. The molecule has 24 heavy (non-hydrogen) atoms. The average Bonchev–Trinajstić information content (AvgIpc) is 2.61. The highest BCUT2D eigenvalue weighted by Crippen LogP contribution is 2.20. The van der Waals surface area contributed by atoms with Gasteiger partial charge in [0.05, 0.1) is 11.2 Å². The quantitative estimate of drug-likeness (QED) is 0.394. The zero-order valence-corrected chi connectivity index (χ0v) is 15.6. The van der Waals surface area contributed by atoms with E-state index in [-0.39, 0.29) is 0 Å². The Balaban J connectivity index is 2.07. The van der Waals surface area contributed by atoms with E-state index < -0.39 is 0 Å². The summed E-state index contributed by atoms with van der Waals surface area (Å²) in [5.74, 6) is 0. The zero-order chi connectivity index (χ0) is 17.0. The number of para-hydroxylation sites is 1. The normalized spacial score (nSPS) is 11.6. The molecule has 0 N–H and O–H groups in total. The van der Waals surface area contributed by atoms with Crippen molar-refractivity contribution in [2.75, 3.05) is 0 Å². The van der Waals surface area contributed by atoms with Crippen LogP contribution in [-0.2, 0) is 6.42 Å². The number of aryl methyl sites for hydroxylation is 1. The Morgan fingerprint density at radius 2 is 1.62 bits per heavy atom. The van der Waals surface area contributed by atoms with Crippen LogP contribution in [0.2, 0.25) is 0 Å². The predicted molar refractivity (Wildman–Crippen MR) is 107 cm³/mol. The number of rotatable bonds is 11. The largest absolute Gasteiger partial charge is 0.248 e. The van der Waals surface area contributed by atoms with Gasteiger partial charge in [-0.25, -0.2) is 4.98 Å². The minimum absolute atomic E-state index is 1.11. The lowest BCUT2D eigenvalue weighted by atomic mass is 10.0. The third kappa shape index (κ3) is 6.11. The average molecular weight is 324 g/mol. The third-order valence-corrected chi connectivity index (χ3v) is 4.64. The minimum atomic E-state index is 1.11. The first-order valence-electron chi connectivity index (χ1n) is 9.90. The molecule has 2 rings (SSSR count). The van der Waals surface area contributed by atoms with Gasteiger partial charge in [0, 0.05) is 5.39 Å². The lowest BCUT2D eigenvalue weighted by molar-refractivity contribution is 0.666. The van der Waals surface area contributed by atoms with Gasteiger partial charge in [-0.05, 0) is 49.5 Å². The van der Waals surface area contributed by atoms with Crippen molar-refractivity contribution in [1.82, 2.24) is 4.98 Å². The van der Waals surface area contributed by atoms with Gasteiger partial charge in [0.2, 0.25) is 0 Å². The molecular formula is C23H33N. The molecule has 0 saturated carbocycles. The van der Waals surface area contributed by atoms with Gasteiger partial charge in [0.1, 0.15) is 0 Å². The second kappa shape index (κ2) is 11.0. The Bertz CT molecular complexity index is 627. The summed E-state index contributed by atoms with van der Waals surface area (Å²) in [6.45, 7) is 4.53. The van der Waals surface area contributed by atoms with Crippen LogP contribution in [0, 0.1) is 0 Å². The first-order valence-corrected chi connectivity index (χ1v) is 9.90. The molecule has 0 aliphatic rings. The zero-order valence-electron chi connectivity index (χ0n) is 15.6. The summed E-state index contributed by atoms with van der Waals surface area (Å²) in [7, 11) is 0. The maximum atomic E-state index is 4.92. The van der Waals surface area contributed by atoms with Crippen molar-refractivity contribution in [3.05, 3.63) is 47.7 Å². The molecule has 2 aromatic rings. The summed E-state index contributed by atoms with van der Waals surface area (Å²) in [6, 6.07) is 10.8. The molecule has 1 heterocycles. The van der Waals surface area contributed by atoms with Gasteiger partial charge in [-0.3, -0.25) is 0 Å². The van der Waals surface area contributed by atoms with Gasteiger partial charge in [-0.2, -0.15) is 0 Å². The third-order valence-electron chi connectivity index (χ3n) is 4.64. The molecule has 130 valence electrons. The van der Waals surface area contributed by atoms with E-state index in [0.717, 1.165) is 11.9 Å². The molecule has 1 aromatic heterocycles. The van der Waals surface area contributed by atoms with Crippen LogP contribution in [0.25, 0.3) is 17.0 Å². The molecule has 0 aliphatic carbocycles. The maximum absolute atomic E-state index is 4.92. The second-order valence-electron chi connectivity index (χ2n) is 6.79. The van der Waals surface area contributed by atoms with E-state index in [4.69, 9.17) is 4.98 Å². The number of allylic oxidation sites excluding steroid dienone is 1. The van der Waals surface area contributed by atoms with Crippen molar-refractivity contribution in [3.8, 4) is 0 Å². The molecule has 0 saturated heterocycles. The van der Waals surface area contributed by atoms with Crippen LogP contribution >= 0.6 is 0 Å². The fraction of sp³-hybridized carbons (Fsp3) is 0.522. The second-order valence-corrected chi connectivity index (χ2v) is 6.79. The van der Waals surface area contributed by atoms with Crippen molar-refractivity contribution < 1.29 is 0 Å². The highest BCUT2D eigenvalue weighted by molar-refractivity contribution is 5.80. The Hall–Kier alpha value is -1.63. The maximum Gasteiger partial charge on any atom is 0.0709 e. The van der Waals surface area contributed by atoms with Gasteiger partial charge >= 0.3 is 0 Å². The predicted octanol–water partition coefficient (Wildman–Crippen LogP) is 7.34. The number of benzene rings is 1. The number of fused-ring (bicyclic) bond motifs is 1.